The average molecular weight is 389 g/mol. The maximum Gasteiger partial charge on any atom is 0.309 e. The van der Waals surface area contributed by atoms with E-state index in [1.54, 1.807) is 0 Å². The molecule has 2 heterocycles. The molecule has 0 aliphatic carbocycles. The number of halogens is 1. The molecule has 1 aromatic carbocycles. The number of imidazole rings is 1. The van der Waals surface area contributed by atoms with Crippen LogP contribution in [0, 0.1) is 6.92 Å². The highest BCUT2D eigenvalue weighted by Gasteiger charge is 2.17. The van der Waals surface area contributed by atoms with Crippen LogP contribution in [0.15, 0.2) is 41.0 Å². The first-order valence-electron chi connectivity index (χ1n) is 7.61. The normalized spacial score (nSPS) is 11.0. The Labute approximate surface area is 148 Å². The Morgan fingerprint density at radius 1 is 1.33 bits per heavy atom. The number of carbonyl (C=O) groups is 1. The van der Waals surface area contributed by atoms with Crippen LogP contribution in [-0.2, 0) is 11.2 Å². The van der Waals surface area contributed by atoms with E-state index in [4.69, 9.17) is 4.74 Å². The van der Waals surface area contributed by atoms with Crippen molar-refractivity contribution < 1.29 is 14.6 Å². The van der Waals surface area contributed by atoms with E-state index in [1.165, 1.54) is 0 Å². The zero-order valence-corrected chi connectivity index (χ0v) is 15.0. The number of hydrogen-bond acceptors (Lipinski definition) is 3. The summed E-state index contributed by atoms with van der Waals surface area (Å²) in [5.74, 6) is -0.107. The summed E-state index contributed by atoms with van der Waals surface area (Å²) in [7, 11) is 0. The number of aliphatic carboxylic acids is 1. The highest BCUT2D eigenvalue weighted by Crippen LogP contribution is 2.29. The van der Waals surface area contributed by atoms with Crippen LogP contribution in [0.5, 0.6) is 5.75 Å². The van der Waals surface area contributed by atoms with Crippen LogP contribution in [0.3, 0.4) is 0 Å². The second-order valence-corrected chi connectivity index (χ2v) is 6.32. The summed E-state index contributed by atoms with van der Waals surface area (Å²) in [6, 6.07) is 9.48. The SMILES string of the molecule is CCOc1ccc(-c2nc3cc(C)c(Br)cn3c2CC(=O)O)cc1. The molecule has 5 nitrogen and oxygen atoms in total. The number of aromatic nitrogens is 2. The molecule has 124 valence electrons. The highest BCUT2D eigenvalue weighted by molar-refractivity contribution is 9.10. The van der Waals surface area contributed by atoms with E-state index < -0.39 is 5.97 Å². The summed E-state index contributed by atoms with van der Waals surface area (Å²) in [6.45, 7) is 4.51. The van der Waals surface area contributed by atoms with Gasteiger partial charge in [0.1, 0.15) is 11.4 Å². The largest absolute Gasteiger partial charge is 0.494 e. The quantitative estimate of drug-likeness (QED) is 0.714. The van der Waals surface area contributed by atoms with Crippen molar-refractivity contribution in [2.24, 2.45) is 0 Å². The summed E-state index contributed by atoms with van der Waals surface area (Å²) in [4.78, 5) is 16.0. The van der Waals surface area contributed by atoms with Crippen molar-refractivity contribution in [1.29, 1.82) is 0 Å². The third kappa shape index (κ3) is 3.14. The van der Waals surface area contributed by atoms with Crippen LogP contribution >= 0.6 is 15.9 Å². The number of rotatable bonds is 5. The Morgan fingerprint density at radius 2 is 2.04 bits per heavy atom. The van der Waals surface area contributed by atoms with Crippen molar-refractivity contribution >= 4 is 27.5 Å². The molecule has 1 N–H and O–H groups in total. The molecule has 3 rings (SSSR count). The van der Waals surface area contributed by atoms with Gasteiger partial charge in [-0.15, -0.1) is 0 Å². The lowest BCUT2D eigenvalue weighted by Gasteiger charge is -2.06. The number of benzene rings is 1. The van der Waals surface area contributed by atoms with Gasteiger partial charge in [0.05, 0.1) is 24.4 Å². The molecule has 0 fully saturated rings. The Bertz CT molecular complexity index is 901. The fourth-order valence-electron chi connectivity index (χ4n) is 2.63. The van der Waals surface area contributed by atoms with E-state index in [-0.39, 0.29) is 6.42 Å². The summed E-state index contributed by atoms with van der Waals surface area (Å²) < 4.78 is 8.20. The molecule has 0 spiro atoms. The number of aryl methyl sites for hydroxylation is 1. The van der Waals surface area contributed by atoms with Gasteiger partial charge < -0.3 is 14.2 Å². The molecule has 0 atom stereocenters. The molecule has 0 saturated heterocycles. The van der Waals surface area contributed by atoms with Crippen LogP contribution < -0.4 is 4.74 Å². The zero-order valence-electron chi connectivity index (χ0n) is 13.4. The van der Waals surface area contributed by atoms with Gasteiger partial charge in [0.15, 0.2) is 0 Å². The van der Waals surface area contributed by atoms with E-state index in [1.807, 2.05) is 54.8 Å². The van der Waals surface area contributed by atoms with E-state index >= 15 is 0 Å². The van der Waals surface area contributed by atoms with Crippen molar-refractivity contribution in [3.05, 3.63) is 52.3 Å². The topological polar surface area (TPSA) is 63.8 Å². The molecule has 0 amide bonds. The Kier molecular flexibility index (Phi) is 4.57. The summed E-state index contributed by atoms with van der Waals surface area (Å²) in [5.41, 5.74) is 3.98. The molecule has 0 saturated carbocycles. The number of pyridine rings is 1. The fourth-order valence-corrected chi connectivity index (χ4v) is 2.95. The van der Waals surface area contributed by atoms with Gasteiger partial charge in [0.2, 0.25) is 0 Å². The van der Waals surface area contributed by atoms with Gasteiger partial charge >= 0.3 is 5.97 Å². The van der Waals surface area contributed by atoms with E-state index in [0.29, 0.717) is 18.0 Å². The van der Waals surface area contributed by atoms with Crippen LogP contribution in [0.25, 0.3) is 16.9 Å². The molecule has 3 aromatic rings. The molecule has 0 aliphatic rings. The molecule has 24 heavy (non-hydrogen) atoms. The summed E-state index contributed by atoms with van der Waals surface area (Å²) in [6.07, 6.45) is 1.77. The minimum absolute atomic E-state index is 0.0980. The lowest BCUT2D eigenvalue weighted by Crippen LogP contribution is -2.05. The van der Waals surface area contributed by atoms with Crippen molar-refractivity contribution in [2.75, 3.05) is 6.61 Å². The minimum atomic E-state index is -0.888. The second kappa shape index (κ2) is 6.65. The predicted molar refractivity (Wildman–Crippen MR) is 95.6 cm³/mol. The molecule has 0 unspecified atom stereocenters. The van der Waals surface area contributed by atoms with E-state index in [0.717, 1.165) is 27.0 Å². The van der Waals surface area contributed by atoms with Gasteiger partial charge in [-0.3, -0.25) is 4.79 Å². The number of carboxylic acid groups (broad SMARTS) is 1. The summed E-state index contributed by atoms with van der Waals surface area (Å²) in [5, 5.41) is 9.28. The van der Waals surface area contributed by atoms with Gasteiger partial charge in [0, 0.05) is 16.2 Å². The molecule has 0 bridgehead atoms. The van der Waals surface area contributed by atoms with Gasteiger partial charge in [-0.25, -0.2) is 4.98 Å². The van der Waals surface area contributed by atoms with Gasteiger partial charge in [-0.05, 0) is 65.7 Å². The second-order valence-electron chi connectivity index (χ2n) is 5.47. The summed E-state index contributed by atoms with van der Waals surface area (Å²) >= 11 is 3.50. The highest BCUT2D eigenvalue weighted by atomic mass is 79.9. The monoisotopic (exact) mass is 388 g/mol. The van der Waals surface area contributed by atoms with Crippen LogP contribution in [-0.4, -0.2) is 27.1 Å². The first-order valence-corrected chi connectivity index (χ1v) is 8.41. The number of ether oxygens (including phenoxy) is 1. The maximum absolute atomic E-state index is 11.3. The van der Waals surface area contributed by atoms with Gasteiger partial charge in [0.25, 0.3) is 0 Å². The standard InChI is InChI=1S/C18H17BrN2O3/c1-3-24-13-6-4-12(5-7-13)18-15(9-17(22)23)21-10-14(19)11(2)8-16(21)20-18/h4-8,10H,3,9H2,1-2H3,(H,22,23). The number of nitrogens with zero attached hydrogens (tertiary/aromatic N) is 2. The lowest BCUT2D eigenvalue weighted by atomic mass is 10.1. The third-order valence-corrected chi connectivity index (χ3v) is 4.59. The van der Waals surface area contributed by atoms with Crippen LogP contribution in [0.1, 0.15) is 18.2 Å². The molecule has 0 aliphatic heterocycles. The number of carboxylic acids is 1. The lowest BCUT2D eigenvalue weighted by molar-refractivity contribution is -0.136. The van der Waals surface area contributed by atoms with Gasteiger partial charge in [-0.1, -0.05) is 0 Å². The van der Waals surface area contributed by atoms with Crippen LogP contribution in [0.4, 0.5) is 0 Å². The van der Waals surface area contributed by atoms with E-state index in [9.17, 15) is 9.90 Å². The average Bonchev–Trinajstić information content (AvgIpc) is 2.86. The van der Waals surface area contributed by atoms with Crippen molar-refractivity contribution in [2.45, 2.75) is 20.3 Å². The number of fused-ring (bicyclic) bond motifs is 1. The zero-order chi connectivity index (χ0) is 17.3. The predicted octanol–water partition coefficient (Wildman–Crippen LogP) is 4.10. The Balaban J connectivity index is 2.16. The smallest absolute Gasteiger partial charge is 0.309 e. The van der Waals surface area contributed by atoms with Crippen molar-refractivity contribution in [1.82, 2.24) is 9.38 Å². The number of hydrogen-bond donors (Lipinski definition) is 1. The minimum Gasteiger partial charge on any atom is -0.494 e. The fraction of sp³-hybridized carbons (Fsp3) is 0.222. The molecular weight excluding hydrogens is 372 g/mol. The molecular formula is C18H17BrN2O3. The third-order valence-electron chi connectivity index (χ3n) is 3.76. The Hall–Kier alpha value is -2.34. The first-order chi connectivity index (χ1) is 11.5. The van der Waals surface area contributed by atoms with Crippen molar-refractivity contribution in [3.8, 4) is 17.0 Å². The maximum atomic E-state index is 11.3. The Morgan fingerprint density at radius 3 is 2.67 bits per heavy atom. The van der Waals surface area contributed by atoms with Crippen molar-refractivity contribution in [3.63, 3.8) is 0 Å². The van der Waals surface area contributed by atoms with E-state index in [2.05, 4.69) is 20.9 Å². The van der Waals surface area contributed by atoms with Crippen LogP contribution in [0.2, 0.25) is 0 Å². The molecule has 2 aromatic heterocycles. The van der Waals surface area contributed by atoms with Gasteiger partial charge in [-0.2, -0.15) is 0 Å². The molecule has 6 heteroatoms. The first kappa shape index (κ1) is 16.5. The molecule has 0 radical (unpaired) electrons.